The van der Waals surface area contributed by atoms with E-state index in [0.717, 1.165) is 5.56 Å². The van der Waals surface area contributed by atoms with Crippen LogP contribution >= 0.6 is 0 Å². The molecule has 2 aromatic rings. The molecule has 0 unspecified atom stereocenters. The third kappa shape index (κ3) is 2.82. The van der Waals surface area contributed by atoms with Crippen molar-refractivity contribution in [2.45, 2.75) is 6.92 Å². The van der Waals surface area contributed by atoms with E-state index in [0.29, 0.717) is 11.4 Å². The summed E-state index contributed by atoms with van der Waals surface area (Å²) in [5.41, 5.74) is 7.46. The van der Waals surface area contributed by atoms with E-state index in [1.54, 1.807) is 30.5 Å². The van der Waals surface area contributed by atoms with Crippen LogP contribution in [0, 0.1) is 6.92 Å². The molecule has 1 heterocycles. The Kier molecular flexibility index (Phi) is 3.66. The van der Waals surface area contributed by atoms with Crippen molar-refractivity contribution in [3.63, 3.8) is 0 Å². The molecule has 0 saturated carbocycles. The Morgan fingerprint density at radius 3 is 2.84 bits per heavy atom. The number of hydrogen-bond donors (Lipinski definition) is 1. The molecular weight excluding hydrogens is 244 g/mol. The number of benzene rings is 1. The lowest BCUT2D eigenvalue weighted by molar-refractivity contribution is 0.0597. The van der Waals surface area contributed by atoms with Crippen molar-refractivity contribution in [3.05, 3.63) is 47.7 Å². The van der Waals surface area contributed by atoms with Crippen LogP contribution in [0.25, 0.3) is 0 Å². The number of nitrogens with zero attached hydrogens (tertiary/aromatic N) is 1. The van der Waals surface area contributed by atoms with Crippen molar-refractivity contribution in [1.82, 2.24) is 4.98 Å². The molecule has 0 amide bonds. The minimum Gasteiger partial charge on any atom is -0.465 e. The number of hydrogen-bond acceptors (Lipinski definition) is 5. The Bertz CT molecular complexity index is 611. The maximum absolute atomic E-state index is 11.6. The highest BCUT2D eigenvalue weighted by molar-refractivity contribution is 5.91. The molecule has 0 spiro atoms. The topological polar surface area (TPSA) is 74.4 Å². The molecule has 0 saturated heterocycles. The molecule has 2 N–H and O–H groups in total. The zero-order valence-electron chi connectivity index (χ0n) is 10.7. The maximum Gasteiger partial charge on any atom is 0.343 e. The van der Waals surface area contributed by atoms with Gasteiger partial charge in [-0.15, -0.1) is 0 Å². The van der Waals surface area contributed by atoms with Crippen LogP contribution < -0.4 is 10.5 Å². The minimum absolute atomic E-state index is 0.197. The van der Waals surface area contributed by atoms with Gasteiger partial charge in [-0.3, -0.25) is 0 Å². The summed E-state index contributed by atoms with van der Waals surface area (Å²) < 4.78 is 10.3. The van der Waals surface area contributed by atoms with Gasteiger partial charge in [0.2, 0.25) is 5.88 Å². The van der Waals surface area contributed by atoms with Crippen LogP contribution in [0.15, 0.2) is 36.5 Å². The summed E-state index contributed by atoms with van der Waals surface area (Å²) in [5, 5.41) is 0. The van der Waals surface area contributed by atoms with Crippen molar-refractivity contribution < 1.29 is 14.3 Å². The van der Waals surface area contributed by atoms with E-state index in [1.807, 2.05) is 13.0 Å². The summed E-state index contributed by atoms with van der Waals surface area (Å²) in [5.74, 6) is 0.261. The average molecular weight is 258 g/mol. The van der Waals surface area contributed by atoms with Gasteiger partial charge in [-0.05, 0) is 30.7 Å². The minimum atomic E-state index is -0.496. The molecule has 0 bridgehead atoms. The first-order valence-electron chi connectivity index (χ1n) is 5.69. The van der Waals surface area contributed by atoms with Crippen LogP contribution in [0.1, 0.15) is 15.9 Å². The van der Waals surface area contributed by atoms with E-state index >= 15 is 0 Å². The molecule has 0 aliphatic rings. The summed E-state index contributed by atoms with van der Waals surface area (Å²) in [6.45, 7) is 1.88. The molecular formula is C14H14N2O3. The third-order valence-corrected chi connectivity index (χ3v) is 2.60. The van der Waals surface area contributed by atoms with Gasteiger partial charge in [-0.25, -0.2) is 9.78 Å². The van der Waals surface area contributed by atoms with Crippen molar-refractivity contribution in [3.8, 4) is 11.6 Å². The Morgan fingerprint density at radius 1 is 1.32 bits per heavy atom. The molecule has 5 nitrogen and oxygen atoms in total. The van der Waals surface area contributed by atoms with Crippen molar-refractivity contribution in [2.24, 2.45) is 0 Å². The molecule has 19 heavy (non-hydrogen) atoms. The lowest BCUT2D eigenvalue weighted by Crippen LogP contribution is -2.05. The van der Waals surface area contributed by atoms with Gasteiger partial charge >= 0.3 is 5.97 Å². The molecule has 0 aliphatic carbocycles. The predicted molar refractivity (Wildman–Crippen MR) is 71.2 cm³/mol. The molecule has 0 radical (unpaired) electrons. The number of esters is 1. The molecule has 0 aliphatic heterocycles. The van der Waals surface area contributed by atoms with Gasteiger partial charge in [-0.2, -0.15) is 0 Å². The van der Waals surface area contributed by atoms with Crippen molar-refractivity contribution in [2.75, 3.05) is 12.8 Å². The second kappa shape index (κ2) is 5.39. The highest BCUT2D eigenvalue weighted by Gasteiger charge is 2.15. The van der Waals surface area contributed by atoms with Gasteiger partial charge in [0.1, 0.15) is 11.3 Å². The first-order valence-corrected chi connectivity index (χ1v) is 5.69. The van der Waals surface area contributed by atoms with Gasteiger partial charge < -0.3 is 15.2 Å². The van der Waals surface area contributed by atoms with E-state index in [2.05, 4.69) is 9.72 Å². The number of pyridine rings is 1. The number of carbonyl (C=O) groups excluding carboxylic acids is 1. The zero-order valence-corrected chi connectivity index (χ0v) is 10.7. The number of ether oxygens (including phenoxy) is 2. The van der Waals surface area contributed by atoms with Crippen LogP contribution in [0.5, 0.6) is 11.6 Å². The number of nitrogens with two attached hydrogens (primary N) is 1. The molecule has 98 valence electrons. The quantitative estimate of drug-likeness (QED) is 0.676. The standard InChI is InChI=1S/C14H14N2O3/c1-9-5-6-10(15)8-12(9)19-13-11(14(17)18-2)4-3-7-16-13/h3-8H,15H2,1-2H3. The third-order valence-electron chi connectivity index (χ3n) is 2.60. The Hall–Kier alpha value is -2.56. The van der Waals surface area contributed by atoms with E-state index in [4.69, 9.17) is 10.5 Å². The summed E-state index contributed by atoms with van der Waals surface area (Å²) in [6.07, 6.45) is 1.55. The molecule has 0 atom stereocenters. The van der Waals surface area contributed by atoms with Crippen LogP contribution in [-0.2, 0) is 4.74 Å². The molecule has 0 fully saturated rings. The number of aryl methyl sites for hydroxylation is 1. The SMILES string of the molecule is COC(=O)c1cccnc1Oc1cc(N)ccc1C. The number of rotatable bonds is 3. The number of anilines is 1. The summed E-state index contributed by atoms with van der Waals surface area (Å²) >= 11 is 0. The first-order chi connectivity index (χ1) is 9.11. The van der Waals surface area contributed by atoms with Crippen LogP contribution in [-0.4, -0.2) is 18.1 Å². The van der Waals surface area contributed by atoms with Gasteiger partial charge in [0, 0.05) is 18.0 Å². The largest absolute Gasteiger partial charge is 0.465 e. The summed E-state index contributed by atoms with van der Waals surface area (Å²) in [4.78, 5) is 15.7. The van der Waals surface area contributed by atoms with E-state index in [1.165, 1.54) is 7.11 Å². The maximum atomic E-state index is 11.6. The zero-order chi connectivity index (χ0) is 13.8. The first kappa shape index (κ1) is 12.9. The van der Waals surface area contributed by atoms with E-state index < -0.39 is 5.97 Å². The van der Waals surface area contributed by atoms with Crippen LogP contribution in [0.4, 0.5) is 5.69 Å². The van der Waals surface area contributed by atoms with Gasteiger partial charge in [0.05, 0.1) is 7.11 Å². The summed E-state index contributed by atoms with van der Waals surface area (Å²) in [7, 11) is 1.31. The number of carbonyl (C=O) groups is 1. The lowest BCUT2D eigenvalue weighted by atomic mass is 10.2. The highest BCUT2D eigenvalue weighted by atomic mass is 16.5. The monoisotopic (exact) mass is 258 g/mol. The van der Waals surface area contributed by atoms with Crippen LogP contribution in [0.3, 0.4) is 0 Å². The highest BCUT2D eigenvalue weighted by Crippen LogP contribution is 2.28. The number of methoxy groups -OCH3 is 1. The van der Waals surface area contributed by atoms with E-state index in [-0.39, 0.29) is 11.4 Å². The summed E-state index contributed by atoms with van der Waals surface area (Å²) in [6, 6.07) is 8.54. The molecule has 2 rings (SSSR count). The molecule has 1 aromatic carbocycles. The average Bonchev–Trinajstić information content (AvgIpc) is 2.42. The van der Waals surface area contributed by atoms with E-state index in [9.17, 15) is 4.79 Å². The molecule has 1 aromatic heterocycles. The lowest BCUT2D eigenvalue weighted by Gasteiger charge is -2.11. The fourth-order valence-electron chi connectivity index (χ4n) is 1.57. The fourth-order valence-corrected chi connectivity index (χ4v) is 1.57. The van der Waals surface area contributed by atoms with Gasteiger partial charge in [0.25, 0.3) is 0 Å². The Morgan fingerprint density at radius 2 is 2.11 bits per heavy atom. The number of aromatic nitrogens is 1. The second-order valence-corrected chi connectivity index (χ2v) is 3.97. The van der Waals surface area contributed by atoms with Crippen molar-refractivity contribution >= 4 is 11.7 Å². The smallest absolute Gasteiger partial charge is 0.343 e. The van der Waals surface area contributed by atoms with Crippen molar-refractivity contribution in [1.29, 1.82) is 0 Å². The Labute approximate surface area is 111 Å². The van der Waals surface area contributed by atoms with Gasteiger partial charge in [-0.1, -0.05) is 6.07 Å². The number of nitrogen functional groups attached to an aromatic ring is 1. The van der Waals surface area contributed by atoms with Gasteiger partial charge in [0.15, 0.2) is 0 Å². The predicted octanol–water partition coefficient (Wildman–Crippen LogP) is 2.55. The Balaban J connectivity index is 2.38. The normalized spacial score (nSPS) is 10.0. The van der Waals surface area contributed by atoms with Crippen LogP contribution in [0.2, 0.25) is 0 Å². The second-order valence-electron chi connectivity index (χ2n) is 3.97. The molecule has 5 heteroatoms. The fraction of sp³-hybridized carbons (Fsp3) is 0.143.